The molecule has 0 radical (unpaired) electrons. The Labute approximate surface area is 115 Å². The van der Waals surface area contributed by atoms with Gasteiger partial charge in [-0.25, -0.2) is 0 Å². The number of halogens is 2. The van der Waals surface area contributed by atoms with Crippen LogP contribution >= 0.6 is 27.5 Å². The van der Waals surface area contributed by atoms with Crippen LogP contribution in [0.2, 0.25) is 5.02 Å². The Balaban J connectivity index is 1.88. The molecule has 2 rings (SSSR count). The smallest absolute Gasteiger partial charge is 0.119 e. The predicted molar refractivity (Wildman–Crippen MR) is 74.8 cm³/mol. The van der Waals surface area contributed by atoms with Crippen molar-refractivity contribution >= 4 is 27.5 Å². The summed E-state index contributed by atoms with van der Waals surface area (Å²) >= 11 is 9.45. The first kappa shape index (κ1) is 12.5. The van der Waals surface area contributed by atoms with E-state index < -0.39 is 0 Å². The third-order valence-electron chi connectivity index (χ3n) is 2.41. The topological polar surface area (TPSA) is 9.23 Å². The Morgan fingerprint density at radius 3 is 2.41 bits per heavy atom. The highest BCUT2D eigenvalue weighted by molar-refractivity contribution is 9.10. The van der Waals surface area contributed by atoms with Crippen LogP contribution < -0.4 is 4.74 Å². The second kappa shape index (κ2) is 6.08. The lowest BCUT2D eigenvalue weighted by Crippen LogP contribution is -2.01. The summed E-state index contributed by atoms with van der Waals surface area (Å²) in [6, 6.07) is 15.6. The number of hydrogen-bond acceptors (Lipinski definition) is 1. The van der Waals surface area contributed by atoms with E-state index in [1.807, 2.05) is 48.5 Å². The summed E-state index contributed by atoms with van der Waals surface area (Å²) in [4.78, 5) is 0. The van der Waals surface area contributed by atoms with Gasteiger partial charge in [-0.1, -0.05) is 45.7 Å². The summed E-state index contributed by atoms with van der Waals surface area (Å²) in [6.45, 7) is 0.630. The molecule has 0 bridgehead atoms. The molecule has 0 amide bonds. The molecule has 0 fully saturated rings. The molecule has 88 valence electrons. The molecule has 0 saturated heterocycles. The van der Waals surface area contributed by atoms with Crippen molar-refractivity contribution in [2.75, 3.05) is 6.61 Å². The number of ether oxygens (including phenoxy) is 1. The van der Waals surface area contributed by atoms with Crippen molar-refractivity contribution < 1.29 is 4.74 Å². The summed E-state index contributed by atoms with van der Waals surface area (Å²) < 4.78 is 6.69. The normalized spacial score (nSPS) is 10.2. The van der Waals surface area contributed by atoms with E-state index in [4.69, 9.17) is 16.3 Å². The maximum absolute atomic E-state index is 6.07. The van der Waals surface area contributed by atoms with Crippen molar-refractivity contribution in [2.45, 2.75) is 6.42 Å². The maximum atomic E-state index is 6.07. The molecule has 0 N–H and O–H groups in total. The SMILES string of the molecule is Clc1ccccc1CCOc1ccc(Br)cc1. The van der Waals surface area contributed by atoms with Gasteiger partial charge in [0.15, 0.2) is 0 Å². The van der Waals surface area contributed by atoms with E-state index in [-0.39, 0.29) is 0 Å². The van der Waals surface area contributed by atoms with E-state index in [0.717, 1.165) is 27.2 Å². The number of hydrogen-bond donors (Lipinski definition) is 0. The Hall–Kier alpha value is -0.990. The molecule has 0 aliphatic carbocycles. The first-order valence-electron chi connectivity index (χ1n) is 5.37. The summed E-state index contributed by atoms with van der Waals surface area (Å²) in [7, 11) is 0. The monoisotopic (exact) mass is 310 g/mol. The van der Waals surface area contributed by atoms with Crippen LogP contribution in [-0.4, -0.2) is 6.61 Å². The van der Waals surface area contributed by atoms with Gasteiger partial charge in [-0.05, 0) is 35.9 Å². The van der Waals surface area contributed by atoms with Crippen LogP contribution in [-0.2, 0) is 6.42 Å². The number of benzene rings is 2. The quantitative estimate of drug-likeness (QED) is 0.793. The summed E-state index contributed by atoms with van der Waals surface area (Å²) in [5.74, 6) is 0.875. The molecule has 0 aliphatic heterocycles. The van der Waals surface area contributed by atoms with Crippen LogP contribution in [0.25, 0.3) is 0 Å². The van der Waals surface area contributed by atoms with Crippen LogP contribution in [0.3, 0.4) is 0 Å². The lowest BCUT2D eigenvalue weighted by Gasteiger charge is -2.07. The molecular formula is C14H12BrClO. The van der Waals surface area contributed by atoms with Gasteiger partial charge in [-0.3, -0.25) is 0 Å². The summed E-state index contributed by atoms with van der Waals surface area (Å²) in [5.41, 5.74) is 1.12. The minimum atomic E-state index is 0.630. The molecule has 17 heavy (non-hydrogen) atoms. The van der Waals surface area contributed by atoms with Crippen molar-refractivity contribution in [3.8, 4) is 5.75 Å². The molecule has 0 unspecified atom stereocenters. The van der Waals surface area contributed by atoms with Gasteiger partial charge in [0, 0.05) is 15.9 Å². The van der Waals surface area contributed by atoms with Gasteiger partial charge >= 0.3 is 0 Å². The molecule has 1 nitrogen and oxygen atoms in total. The van der Waals surface area contributed by atoms with Gasteiger partial charge in [-0.2, -0.15) is 0 Å². The third-order valence-corrected chi connectivity index (χ3v) is 3.31. The molecule has 2 aromatic carbocycles. The molecule has 0 aliphatic rings. The van der Waals surface area contributed by atoms with Gasteiger partial charge in [0.2, 0.25) is 0 Å². The minimum Gasteiger partial charge on any atom is -0.493 e. The fourth-order valence-electron chi connectivity index (χ4n) is 1.51. The fourth-order valence-corrected chi connectivity index (χ4v) is 2.01. The van der Waals surface area contributed by atoms with Crippen LogP contribution in [0, 0.1) is 0 Å². The highest BCUT2D eigenvalue weighted by atomic mass is 79.9. The Bertz CT molecular complexity index is 482. The molecular weight excluding hydrogens is 300 g/mol. The summed E-state index contributed by atoms with van der Waals surface area (Å²) in [6.07, 6.45) is 0.815. The van der Waals surface area contributed by atoms with Crippen LogP contribution in [0.15, 0.2) is 53.0 Å². The molecule has 0 atom stereocenters. The largest absolute Gasteiger partial charge is 0.493 e. The van der Waals surface area contributed by atoms with Gasteiger partial charge in [-0.15, -0.1) is 0 Å². The van der Waals surface area contributed by atoms with Crippen LogP contribution in [0.1, 0.15) is 5.56 Å². The summed E-state index contributed by atoms with van der Waals surface area (Å²) in [5, 5.41) is 0.798. The highest BCUT2D eigenvalue weighted by Gasteiger charge is 1.99. The lowest BCUT2D eigenvalue weighted by molar-refractivity contribution is 0.322. The standard InChI is InChI=1S/C14H12BrClO/c15-12-5-7-13(8-6-12)17-10-9-11-3-1-2-4-14(11)16/h1-8H,9-10H2. The Morgan fingerprint density at radius 1 is 1.00 bits per heavy atom. The van der Waals surface area contributed by atoms with E-state index in [1.165, 1.54) is 0 Å². The van der Waals surface area contributed by atoms with Gasteiger partial charge < -0.3 is 4.74 Å². The van der Waals surface area contributed by atoms with Gasteiger partial charge in [0.25, 0.3) is 0 Å². The van der Waals surface area contributed by atoms with Crippen LogP contribution in [0.4, 0.5) is 0 Å². The van der Waals surface area contributed by atoms with Crippen molar-refractivity contribution in [3.63, 3.8) is 0 Å². The predicted octanol–water partition coefficient (Wildman–Crippen LogP) is 4.72. The van der Waals surface area contributed by atoms with Crippen molar-refractivity contribution in [1.82, 2.24) is 0 Å². The van der Waals surface area contributed by atoms with E-state index in [2.05, 4.69) is 15.9 Å². The zero-order valence-electron chi connectivity index (χ0n) is 9.20. The zero-order valence-corrected chi connectivity index (χ0v) is 11.5. The third kappa shape index (κ3) is 3.76. The first-order valence-corrected chi connectivity index (χ1v) is 6.54. The molecule has 2 aromatic rings. The van der Waals surface area contributed by atoms with Gasteiger partial charge in [0.05, 0.1) is 6.61 Å². The molecule has 0 heterocycles. The van der Waals surface area contributed by atoms with Gasteiger partial charge in [0.1, 0.15) is 5.75 Å². The average Bonchev–Trinajstić information content (AvgIpc) is 2.34. The lowest BCUT2D eigenvalue weighted by atomic mass is 10.2. The maximum Gasteiger partial charge on any atom is 0.119 e. The first-order chi connectivity index (χ1) is 8.25. The Morgan fingerprint density at radius 2 is 1.71 bits per heavy atom. The van der Waals surface area contributed by atoms with E-state index in [1.54, 1.807) is 0 Å². The molecule has 0 spiro atoms. The number of rotatable bonds is 4. The van der Waals surface area contributed by atoms with E-state index in [0.29, 0.717) is 6.61 Å². The molecule has 0 saturated carbocycles. The second-order valence-electron chi connectivity index (χ2n) is 3.64. The second-order valence-corrected chi connectivity index (χ2v) is 4.97. The average molecular weight is 312 g/mol. The molecule has 0 aromatic heterocycles. The van der Waals surface area contributed by atoms with E-state index in [9.17, 15) is 0 Å². The fraction of sp³-hybridized carbons (Fsp3) is 0.143. The zero-order chi connectivity index (χ0) is 12.1. The van der Waals surface area contributed by atoms with Crippen LogP contribution in [0.5, 0.6) is 5.75 Å². The van der Waals surface area contributed by atoms with Crippen molar-refractivity contribution in [2.24, 2.45) is 0 Å². The highest BCUT2D eigenvalue weighted by Crippen LogP contribution is 2.18. The van der Waals surface area contributed by atoms with Crippen molar-refractivity contribution in [3.05, 3.63) is 63.6 Å². The van der Waals surface area contributed by atoms with E-state index >= 15 is 0 Å². The molecule has 3 heteroatoms. The van der Waals surface area contributed by atoms with Crippen molar-refractivity contribution in [1.29, 1.82) is 0 Å². The Kier molecular flexibility index (Phi) is 4.46. The minimum absolute atomic E-state index is 0.630.